The molecule has 2 aliphatic heterocycles. The van der Waals surface area contributed by atoms with Gasteiger partial charge in [-0.25, -0.2) is 0 Å². The molecule has 2 aliphatic rings. The predicted octanol–water partition coefficient (Wildman–Crippen LogP) is 3.52. The van der Waals surface area contributed by atoms with E-state index < -0.39 is 0 Å². The number of hydrogen-bond donors (Lipinski definition) is 0. The highest BCUT2D eigenvalue weighted by Gasteiger charge is 2.44. The maximum absolute atomic E-state index is 6.11. The van der Waals surface area contributed by atoms with Gasteiger partial charge in [0.15, 0.2) is 0 Å². The minimum Gasteiger partial charge on any atom is -0.378 e. The summed E-state index contributed by atoms with van der Waals surface area (Å²) in [5, 5.41) is 1.03. The van der Waals surface area contributed by atoms with Crippen LogP contribution in [0.25, 0.3) is 0 Å². The smallest absolute Gasteiger partial charge is 0.0631 e. The SMILES string of the molecule is CC1OCCC1(CBr)CC1CCC(C)(C)O1. The molecular weight excluding hydrogens is 268 g/mol. The topological polar surface area (TPSA) is 18.5 Å². The zero-order chi connectivity index (χ0) is 11.8. The van der Waals surface area contributed by atoms with E-state index in [1.165, 1.54) is 19.3 Å². The van der Waals surface area contributed by atoms with Gasteiger partial charge in [-0.05, 0) is 46.5 Å². The molecule has 0 N–H and O–H groups in total. The lowest BCUT2D eigenvalue weighted by Gasteiger charge is -2.33. The molecule has 0 radical (unpaired) electrons. The van der Waals surface area contributed by atoms with E-state index in [2.05, 4.69) is 36.7 Å². The molecule has 0 aromatic rings. The maximum Gasteiger partial charge on any atom is 0.0631 e. The van der Waals surface area contributed by atoms with Crippen molar-refractivity contribution in [3.8, 4) is 0 Å². The van der Waals surface area contributed by atoms with Crippen LogP contribution in [0.15, 0.2) is 0 Å². The van der Waals surface area contributed by atoms with Gasteiger partial charge in [0.1, 0.15) is 0 Å². The van der Waals surface area contributed by atoms with Crippen molar-refractivity contribution in [3.05, 3.63) is 0 Å². The molecule has 2 fully saturated rings. The largest absolute Gasteiger partial charge is 0.378 e. The average molecular weight is 291 g/mol. The summed E-state index contributed by atoms with van der Waals surface area (Å²) in [5.74, 6) is 0. The molecule has 3 unspecified atom stereocenters. The molecule has 0 aliphatic carbocycles. The molecule has 3 heteroatoms. The van der Waals surface area contributed by atoms with Gasteiger partial charge in [0.05, 0.1) is 17.8 Å². The summed E-state index contributed by atoms with van der Waals surface area (Å²) >= 11 is 3.67. The first kappa shape index (κ1) is 12.8. The Kier molecular flexibility index (Phi) is 3.68. The van der Waals surface area contributed by atoms with Gasteiger partial charge in [-0.2, -0.15) is 0 Å². The fourth-order valence-corrected chi connectivity index (χ4v) is 3.96. The lowest BCUT2D eigenvalue weighted by molar-refractivity contribution is -0.0419. The van der Waals surface area contributed by atoms with E-state index in [4.69, 9.17) is 9.47 Å². The Balaban J connectivity index is 1.98. The van der Waals surface area contributed by atoms with E-state index in [0.29, 0.717) is 17.6 Å². The molecule has 2 nitrogen and oxygen atoms in total. The quantitative estimate of drug-likeness (QED) is 0.741. The highest BCUT2D eigenvalue weighted by atomic mass is 79.9. The number of alkyl halides is 1. The molecule has 0 aromatic heterocycles. The van der Waals surface area contributed by atoms with Crippen molar-refractivity contribution in [1.82, 2.24) is 0 Å². The van der Waals surface area contributed by atoms with E-state index in [0.717, 1.165) is 18.4 Å². The number of halogens is 1. The van der Waals surface area contributed by atoms with Gasteiger partial charge < -0.3 is 9.47 Å². The van der Waals surface area contributed by atoms with Crippen LogP contribution in [0.2, 0.25) is 0 Å². The first-order chi connectivity index (χ1) is 7.47. The summed E-state index contributed by atoms with van der Waals surface area (Å²) in [4.78, 5) is 0. The summed E-state index contributed by atoms with van der Waals surface area (Å²) in [6, 6.07) is 0. The van der Waals surface area contributed by atoms with Crippen LogP contribution in [0, 0.1) is 5.41 Å². The normalized spacial score (nSPS) is 42.8. The molecule has 2 rings (SSSR count). The van der Waals surface area contributed by atoms with Gasteiger partial charge in [-0.15, -0.1) is 0 Å². The molecule has 94 valence electrons. The fraction of sp³-hybridized carbons (Fsp3) is 1.00. The molecule has 0 saturated carbocycles. The van der Waals surface area contributed by atoms with Gasteiger partial charge >= 0.3 is 0 Å². The summed E-state index contributed by atoms with van der Waals surface area (Å²) in [5.41, 5.74) is 0.381. The first-order valence-corrected chi connectivity index (χ1v) is 7.45. The molecule has 0 bridgehead atoms. The highest BCUT2D eigenvalue weighted by Crippen LogP contribution is 2.44. The van der Waals surface area contributed by atoms with Gasteiger partial charge in [0, 0.05) is 17.4 Å². The van der Waals surface area contributed by atoms with Crippen molar-refractivity contribution in [2.24, 2.45) is 5.41 Å². The molecule has 0 spiro atoms. The lowest BCUT2D eigenvalue weighted by Crippen LogP contribution is -2.35. The van der Waals surface area contributed by atoms with Gasteiger partial charge in [-0.3, -0.25) is 0 Å². The van der Waals surface area contributed by atoms with E-state index in [9.17, 15) is 0 Å². The van der Waals surface area contributed by atoms with E-state index in [-0.39, 0.29) is 5.60 Å². The van der Waals surface area contributed by atoms with Crippen LogP contribution in [0.3, 0.4) is 0 Å². The van der Waals surface area contributed by atoms with Crippen molar-refractivity contribution in [2.75, 3.05) is 11.9 Å². The van der Waals surface area contributed by atoms with Crippen molar-refractivity contribution in [1.29, 1.82) is 0 Å². The Bertz CT molecular complexity index is 254. The second kappa shape index (κ2) is 4.58. The van der Waals surface area contributed by atoms with Crippen LogP contribution in [-0.4, -0.2) is 29.7 Å². The second-order valence-electron chi connectivity index (χ2n) is 6.00. The zero-order valence-electron chi connectivity index (χ0n) is 10.6. The molecule has 3 atom stereocenters. The number of hydrogen-bond acceptors (Lipinski definition) is 2. The monoisotopic (exact) mass is 290 g/mol. The van der Waals surface area contributed by atoms with Gasteiger partial charge in [-0.1, -0.05) is 15.9 Å². The van der Waals surface area contributed by atoms with Crippen LogP contribution < -0.4 is 0 Å². The van der Waals surface area contributed by atoms with Crippen molar-refractivity contribution >= 4 is 15.9 Å². The second-order valence-corrected chi connectivity index (χ2v) is 6.56. The van der Waals surface area contributed by atoms with E-state index in [1.54, 1.807) is 0 Å². The van der Waals surface area contributed by atoms with Crippen LogP contribution in [0.4, 0.5) is 0 Å². The minimum absolute atomic E-state index is 0.0842. The van der Waals surface area contributed by atoms with Crippen LogP contribution in [0.5, 0.6) is 0 Å². The molecule has 2 saturated heterocycles. The van der Waals surface area contributed by atoms with Gasteiger partial charge in [0.2, 0.25) is 0 Å². The standard InChI is InChI=1S/C13H23BrO2/c1-10-13(9-14,6-7-15-10)8-11-4-5-12(2,3)16-11/h10-11H,4-9H2,1-3H3. The molecule has 16 heavy (non-hydrogen) atoms. The third-order valence-corrected chi connectivity index (χ3v) is 5.40. The number of rotatable bonds is 3. The summed E-state index contributed by atoms with van der Waals surface area (Å²) < 4.78 is 11.8. The third kappa shape index (κ3) is 2.46. The predicted molar refractivity (Wildman–Crippen MR) is 69.1 cm³/mol. The minimum atomic E-state index is 0.0842. The molecule has 0 amide bonds. The zero-order valence-corrected chi connectivity index (χ0v) is 12.2. The van der Waals surface area contributed by atoms with Crippen LogP contribution in [-0.2, 0) is 9.47 Å². The van der Waals surface area contributed by atoms with Gasteiger partial charge in [0.25, 0.3) is 0 Å². The van der Waals surface area contributed by atoms with Crippen molar-refractivity contribution < 1.29 is 9.47 Å². The molecule has 0 aromatic carbocycles. The van der Waals surface area contributed by atoms with Crippen molar-refractivity contribution in [2.45, 2.75) is 64.3 Å². The van der Waals surface area contributed by atoms with E-state index >= 15 is 0 Å². The fourth-order valence-electron chi connectivity index (χ4n) is 2.99. The van der Waals surface area contributed by atoms with Crippen molar-refractivity contribution in [3.63, 3.8) is 0 Å². The third-order valence-electron chi connectivity index (χ3n) is 4.28. The Labute approximate surface area is 107 Å². The summed E-state index contributed by atoms with van der Waals surface area (Å²) in [6.07, 6.45) is 5.48. The Morgan fingerprint density at radius 1 is 1.31 bits per heavy atom. The van der Waals surface area contributed by atoms with Crippen LogP contribution in [0.1, 0.15) is 46.5 Å². The highest BCUT2D eigenvalue weighted by molar-refractivity contribution is 9.09. The summed E-state index contributed by atoms with van der Waals surface area (Å²) in [6.45, 7) is 7.50. The first-order valence-electron chi connectivity index (χ1n) is 6.33. The Morgan fingerprint density at radius 2 is 2.06 bits per heavy atom. The Morgan fingerprint density at radius 3 is 2.50 bits per heavy atom. The number of ether oxygens (including phenoxy) is 2. The molecular formula is C13H23BrO2. The average Bonchev–Trinajstić information content (AvgIpc) is 2.72. The Hall–Kier alpha value is 0.400. The molecule has 2 heterocycles. The van der Waals surface area contributed by atoms with E-state index in [1.807, 2.05) is 0 Å². The maximum atomic E-state index is 6.11. The summed E-state index contributed by atoms with van der Waals surface area (Å²) in [7, 11) is 0. The lowest BCUT2D eigenvalue weighted by atomic mass is 9.78. The van der Waals surface area contributed by atoms with Crippen LogP contribution >= 0.6 is 15.9 Å².